The third-order valence-corrected chi connectivity index (χ3v) is 5.91. The highest BCUT2D eigenvalue weighted by molar-refractivity contribution is 8.04. The third-order valence-electron chi connectivity index (χ3n) is 4.81. The van der Waals surface area contributed by atoms with Crippen LogP contribution in [0.25, 0.3) is 5.57 Å². The van der Waals surface area contributed by atoms with E-state index in [4.69, 9.17) is 4.74 Å². The third kappa shape index (κ3) is 4.13. The number of hydrogen-bond acceptors (Lipinski definition) is 4. The smallest absolute Gasteiger partial charge is 0.416 e. The summed E-state index contributed by atoms with van der Waals surface area (Å²) in [5, 5.41) is 0. The van der Waals surface area contributed by atoms with E-state index in [0.29, 0.717) is 11.3 Å². The molecule has 0 bridgehead atoms. The molecular weight excluding hydrogens is 439 g/mol. The lowest BCUT2D eigenvalue weighted by atomic mass is 10.1. The van der Waals surface area contributed by atoms with Gasteiger partial charge in [-0.3, -0.25) is 9.59 Å². The summed E-state index contributed by atoms with van der Waals surface area (Å²) in [5.41, 5.74) is -0.476. The van der Waals surface area contributed by atoms with Crippen LogP contribution in [0.5, 0.6) is 5.75 Å². The molecule has 1 aliphatic rings. The fourth-order valence-corrected chi connectivity index (χ4v) is 4.29. The SMILES string of the molecule is COc1ccc(C2=C(Sc3ccccc3)C(=O)N(c3cccc(C(F)(F)F)c3)C2=O)cc1. The highest BCUT2D eigenvalue weighted by Gasteiger charge is 2.41. The molecule has 0 atom stereocenters. The molecule has 0 aliphatic carbocycles. The second-order valence-electron chi connectivity index (χ2n) is 6.84. The molecule has 1 heterocycles. The second kappa shape index (κ2) is 8.55. The highest BCUT2D eigenvalue weighted by atomic mass is 32.2. The molecule has 0 fully saturated rings. The molecule has 0 radical (unpaired) electrons. The number of imide groups is 1. The maximum Gasteiger partial charge on any atom is 0.416 e. The van der Waals surface area contributed by atoms with E-state index in [-0.39, 0.29) is 16.2 Å². The van der Waals surface area contributed by atoms with Crippen molar-refractivity contribution in [3.8, 4) is 5.75 Å². The number of benzene rings is 3. The van der Waals surface area contributed by atoms with E-state index < -0.39 is 23.6 Å². The Morgan fingerprint density at radius 1 is 0.844 bits per heavy atom. The summed E-state index contributed by atoms with van der Waals surface area (Å²) in [6, 6.07) is 19.7. The molecule has 0 unspecified atom stereocenters. The first-order valence-corrected chi connectivity index (χ1v) is 10.3. The molecule has 8 heteroatoms. The van der Waals surface area contributed by atoms with Crippen molar-refractivity contribution >= 4 is 34.8 Å². The number of halogens is 3. The number of rotatable bonds is 5. The molecule has 2 amide bonds. The number of alkyl halides is 3. The van der Waals surface area contributed by atoms with E-state index in [1.54, 1.807) is 48.5 Å². The van der Waals surface area contributed by atoms with Gasteiger partial charge in [-0.25, -0.2) is 4.90 Å². The number of carbonyl (C=O) groups excluding carboxylic acids is 2. The number of ether oxygens (including phenoxy) is 1. The van der Waals surface area contributed by atoms with Crippen LogP contribution in [0.4, 0.5) is 18.9 Å². The molecule has 1 aliphatic heterocycles. The Labute approximate surface area is 186 Å². The van der Waals surface area contributed by atoms with Crippen LogP contribution in [-0.4, -0.2) is 18.9 Å². The molecule has 0 spiro atoms. The lowest BCUT2D eigenvalue weighted by molar-refractivity contribution is -0.137. The normalized spacial score (nSPS) is 14.3. The van der Waals surface area contributed by atoms with Gasteiger partial charge >= 0.3 is 6.18 Å². The molecule has 4 nitrogen and oxygen atoms in total. The predicted molar refractivity (Wildman–Crippen MR) is 116 cm³/mol. The first-order valence-electron chi connectivity index (χ1n) is 9.47. The average molecular weight is 455 g/mol. The van der Waals surface area contributed by atoms with E-state index in [9.17, 15) is 22.8 Å². The number of methoxy groups -OCH3 is 1. The van der Waals surface area contributed by atoms with Gasteiger partial charge in [-0.2, -0.15) is 13.2 Å². The number of carbonyl (C=O) groups is 2. The van der Waals surface area contributed by atoms with Gasteiger partial charge in [0.2, 0.25) is 0 Å². The fourth-order valence-electron chi connectivity index (χ4n) is 3.28. The molecule has 3 aromatic carbocycles. The quantitative estimate of drug-likeness (QED) is 0.457. The van der Waals surface area contributed by atoms with E-state index >= 15 is 0 Å². The van der Waals surface area contributed by atoms with Crippen molar-refractivity contribution in [1.82, 2.24) is 0 Å². The summed E-state index contributed by atoms with van der Waals surface area (Å²) < 4.78 is 44.8. The maximum atomic E-state index is 13.4. The van der Waals surface area contributed by atoms with E-state index in [1.807, 2.05) is 6.07 Å². The zero-order valence-electron chi connectivity index (χ0n) is 16.7. The van der Waals surface area contributed by atoms with Crippen molar-refractivity contribution in [2.45, 2.75) is 11.1 Å². The lowest BCUT2D eigenvalue weighted by Crippen LogP contribution is -2.31. The topological polar surface area (TPSA) is 46.6 Å². The highest BCUT2D eigenvalue weighted by Crippen LogP contribution is 2.42. The van der Waals surface area contributed by atoms with Gasteiger partial charge in [0.05, 0.1) is 28.8 Å². The van der Waals surface area contributed by atoms with E-state index in [1.165, 1.54) is 19.2 Å². The Kier molecular flexibility index (Phi) is 5.80. The van der Waals surface area contributed by atoms with Crippen LogP contribution in [-0.2, 0) is 15.8 Å². The molecule has 0 saturated carbocycles. The molecule has 3 aromatic rings. The van der Waals surface area contributed by atoms with Crippen molar-refractivity contribution in [3.05, 3.63) is 94.9 Å². The summed E-state index contributed by atoms with van der Waals surface area (Å²) in [4.78, 5) is 28.3. The second-order valence-corrected chi connectivity index (χ2v) is 7.93. The summed E-state index contributed by atoms with van der Waals surface area (Å²) in [7, 11) is 1.50. The van der Waals surface area contributed by atoms with Gasteiger partial charge in [0, 0.05) is 4.90 Å². The van der Waals surface area contributed by atoms with Gasteiger partial charge in [-0.15, -0.1) is 0 Å². The summed E-state index contributed by atoms with van der Waals surface area (Å²) in [6.07, 6.45) is -4.60. The maximum absolute atomic E-state index is 13.4. The largest absolute Gasteiger partial charge is 0.497 e. The zero-order valence-corrected chi connectivity index (χ0v) is 17.5. The monoisotopic (exact) mass is 455 g/mol. The molecule has 0 aromatic heterocycles. The van der Waals surface area contributed by atoms with Crippen LogP contribution in [0.1, 0.15) is 11.1 Å². The van der Waals surface area contributed by atoms with Gasteiger partial charge in [-0.1, -0.05) is 48.2 Å². The van der Waals surface area contributed by atoms with E-state index in [0.717, 1.165) is 33.7 Å². The fraction of sp³-hybridized carbons (Fsp3) is 0.0833. The molecule has 4 rings (SSSR count). The Hall–Kier alpha value is -3.52. The molecular formula is C24H16F3NO3S. The molecule has 0 saturated heterocycles. The summed E-state index contributed by atoms with van der Waals surface area (Å²) in [6.45, 7) is 0. The minimum absolute atomic E-state index is 0.129. The molecule has 0 N–H and O–H groups in total. The van der Waals surface area contributed by atoms with Gasteiger partial charge in [0.1, 0.15) is 5.75 Å². The summed E-state index contributed by atoms with van der Waals surface area (Å²) in [5.74, 6) is -0.787. The zero-order chi connectivity index (χ0) is 22.9. The minimum Gasteiger partial charge on any atom is -0.497 e. The Balaban J connectivity index is 1.81. The van der Waals surface area contributed by atoms with Gasteiger partial charge in [0.25, 0.3) is 11.8 Å². The predicted octanol–water partition coefficient (Wildman–Crippen LogP) is 5.79. The number of thioether (sulfide) groups is 1. The Morgan fingerprint density at radius 2 is 1.53 bits per heavy atom. The molecule has 32 heavy (non-hydrogen) atoms. The van der Waals surface area contributed by atoms with Crippen LogP contribution in [0.15, 0.2) is 88.7 Å². The lowest BCUT2D eigenvalue weighted by Gasteiger charge is -2.17. The number of anilines is 1. The van der Waals surface area contributed by atoms with Crippen LogP contribution in [0.2, 0.25) is 0 Å². The van der Waals surface area contributed by atoms with Crippen LogP contribution >= 0.6 is 11.8 Å². The van der Waals surface area contributed by atoms with Gasteiger partial charge < -0.3 is 4.74 Å². The first kappa shape index (κ1) is 21.7. The Bertz CT molecular complexity index is 1210. The summed E-state index contributed by atoms with van der Waals surface area (Å²) >= 11 is 1.10. The van der Waals surface area contributed by atoms with Crippen molar-refractivity contribution in [1.29, 1.82) is 0 Å². The van der Waals surface area contributed by atoms with Crippen LogP contribution in [0.3, 0.4) is 0 Å². The van der Waals surface area contributed by atoms with Crippen LogP contribution in [0, 0.1) is 0 Å². The Morgan fingerprint density at radius 3 is 2.16 bits per heavy atom. The van der Waals surface area contributed by atoms with Crippen molar-refractivity contribution in [3.63, 3.8) is 0 Å². The number of nitrogens with zero attached hydrogens (tertiary/aromatic N) is 1. The van der Waals surface area contributed by atoms with Crippen molar-refractivity contribution in [2.75, 3.05) is 12.0 Å². The number of amides is 2. The number of hydrogen-bond donors (Lipinski definition) is 0. The first-order chi connectivity index (χ1) is 15.3. The van der Waals surface area contributed by atoms with Crippen molar-refractivity contribution in [2.24, 2.45) is 0 Å². The van der Waals surface area contributed by atoms with Gasteiger partial charge in [-0.05, 0) is 48.0 Å². The van der Waals surface area contributed by atoms with E-state index in [2.05, 4.69) is 0 Å². The molecule has 162 valence electrons. The van der Waals surface area contributed by atoms with Crippen LogP contribution < -0.4 is 9.64 Å². The minimum atomic E-state index is -4.60. The van der Waals surface area contributed by atoms with Gasteiger partial charge in [0.15, 0.2) is 0 Å². The average Bonchev–Trinajstić information content (AvgIpc) is 3.03. The standard InChI is InChI=1S/C24H16F3NO3S/c1-31-18-12-10-15(11-13-18)20-21(32-19-8-3-2-4-9-19)23(30)28(22(20)29)17-7-5-6-16(14-17)24(25,26)27/h2-14H,1H3. The van der Waals surface area contributed by atoms with Crippen molar-refractivity contribution < 1.29 is 27.5 Å².